The summed E-state index contributed by atoms with van der Waals surface area (Å²) in [6.45, 7) is 1.22. The molecule has 0 saturated heterocycles. The monoisotopic (exact) mass is 235 g/mol. The van der Waals surface area contributed by atoms with Crippen LogP contribution in [0.2, 0.25) is 0 Å². The standard InChI is InChI=1S/C12H17N3O2/c1-16-6-3-9(8-13)15-12-10-4-7-17-11(10)2-5-14-12/h2,4-5,7,9H,3,6,8,13H2,1H3,(H,14,15). The lowest BCUT2D eigenvalue weighted by Crippen LogP contribution is -2.30. The summed E-state index contributed by atoms with van der Waals surface area (Å²) in [6, 6.07) is 3.89. The van der Waals surface area contributed by atoms with Crippen LogP contribution in [0.3, 0.4) is 0 Å². The maximum absolute atomic E-state index is 5.71. The first kappa shape index (κ1) is 11.9. The summed E-state index contributed by atoms with van der Waals surface area (Å²) in [5.74, 6) is 0.808. The first-order chi connectivity index (χ1) is 8.35. The number of fused-ring (bicyclic) bond motifs is 1. The van der Waals surface area contributed by atoms with E-state index >= 15 is 0 Å². The van der Waals surface area contributed by atoms with Crippen LogP contribution in [0.1, 0.15) is 6.42 Å². The Kier molecular flexibility index (Phi) is 3.95. The Hall–Kier alpha value is -1.59. The predicted octanol–water partition coefficient (Wildman–Crippen LogP) is 1.60. The zero-order chi connectivity index (χ0) is 12.1. The fourth-order valence-electron chi connectivity index (χ4n) is 1.71. The molecule has 2 aromatic rings. The number of furan rings is 1. The number of rotatable bonds is 6. The Morgan fingerprint density at radius 3 is 3.18 bits per heavy atom. The van der Waals surface area contributed by atoms with Crippen LogP contribution in [-0.4, -0.2) is 31.3 Å². The third kappa shape index (κ3) is 2.75. The number of nitrogens with zero attached hydrogens (tertiary/aromatic N) is 1. The number of ether oxygens (including phenoxy) is 1. The average Bonchev–Trinajstić information content (AvgIpc) is 2.83. The van der Waals surface area contributed by atoms with Crippen LogP contribution >= 0.6 is 0 Å². The van der Waals surface area contributed by atoms with Gasteiger partial charge in [-0.3, -0.25) is 0 Å². The molecule has 1 atom stereocenters. The van der Waals surface area contributed by atoms with Crippen LogP contribution in [0.4, 0.5) is 5.82 Å². The van der Waals surface area contributed by atoms with E-state index in [0.29, 0.717) is 13.2 Å². The van der Waals surface area contributed by atoms with Gasteiger partial charge in [-0.05, 0) is 18.6 Å². The van der Waals surface area contributed by atoms with Crippen molar-refractivity contribution in [3.63, 3.8) is 0 Å². The van der Waals surface area contributed by atoms with E-state index in [0.717, 1.165) is 23.2 Å². The van der Waals surface area contributed by atoms with Crippen LogP contribution in [0.15, 0.2) is 29.0 Å². The van der Waals surface area contributed by atoms with Gasteiger partial charge in [-0.2, -0.15) is 0 Å². The summed E-state index contributed by atoms with van der Waals surface area (Å²) < 4.78 is 10.4. The molecule has 0 spiro atoms. The first-order valence-corrected chi connectivity index (χ1v) is 5.63. The molecular formula is C12H17N3O2. The number of nitrogens with two attached hydrogens (primary N) is 1. The highest BCUT2D eigenvalue weighted by Crippen LogP contribution is 2.22. The Bertz CT molecular complexity index is 469. The third-order valence-corrected chi connectivity index (χ3v) is 2.68. The van der Waals surface area contributed by atoms with E-state index in [1.807, 2.05) is 12.1 Å². The molecule has 0 aliphatic heterocycles. The number of aromatic nitrogens is 1. The molecule has 0 fully saturated rings. The van der Waals surface area contributed by atoms with Crippen LogP contribution in [0.25, 0.3) is 11.0 Å². The van der Waals surface area contributed by atoms with Crippen LogP contribution < -0.4 is 11.1 Å². The van der Waals surface area contributed by atoms with Crippen molar-refractivity contribution in [2.45, 2.75) is 12.5 Å². The van der Waals surface area contributed by atoms with Crippen molar-refractivity contribution >= 4 is 16.8 Å². The Morgan fingerprint density at radius 1 is 1.53 bits per heavy atom. The van der Waals surface area contributed by atoms with E-state index in [4.69, 9.17) is 14.9 Å². The van der Waals surface area contributed by atoms with Crippen molar-refractivity contribution < 1.29 is 9.15 Å². The summed E-state index contributed by atoms with van der Waals surface area (Å²) in [5.41, 5.74) is 6.54. The summed E-state index contributed by atoms with van der Waals surface area (Å²) in [5, 5.41) is 4.29. The lowest BCUT2D eigenvalue weighted by atomic mass is 10.2. The van der Waals surface area contributed by atoms with Crippen molar-refractivity contribution in [2.24, 2.45) is 5.73 Å². The molecule has 0 amide bonds. The van der Waals surface area contributed by atoms with Crippen molar-refractivity contribution in [2.75, 3.05) is 25.6 Å². The van der Waals surface area contributed by atoms with Crippen molar-refractivity contribution in [3.8, 4) is 0 Å². The molecule has 0 aliphatic rings. The van der Waals surface area contributed by atoms with Crippen LogP contribution in [0, 0.1) is 0 Å². The SMILES string of the molecule is COCCC(CN)Nc1nccc2occc12. The van der Waals surface area contributed by atoms with E-state index in [1.165, 1.54) is 0 Å². The molecule has 5 nitrogen and oxygen atoms in total. The molecule has 0 saturated carbocycles. The van der Waals surface area contributed by atoms with E-state index in [1.54, 1.807) is 19.6 Å². The minimum absolute atomic E-state index is 0.156. The van der Waals surface area contributed by atoms with Crippen molar-refractivity contribution in [1.82, 2.24) is 4.98 Å². The van der Waals surface area contributed by atoms with Gasteiger partial charge in [-0.1, -0.05) is 0 Å². The van der Waals surface area contributed by atoms with Gasteiger partial charge in [0.05, 0.1) is 11.6 Å². The van der Waals surface area contributed by atoms with E-state index < -0.39 is 0 Å². The van der Waals surface area contributed by atoms with Crippen molar-refractivity contribution in [3.05, 3.63) is 24.6 Å². The molecule has 5 heteroatoms. The lowest BCUT2D eigenvalue weighted by Gasteiger charge is -2.17. The number of anilines is 1. The Balaban J connectivity index is 2.13. The van der Waals surface area contributed by atoms with E-state index in [-0.39, 0.29) is 6.04 Å². The topological polar surface area (TPSA) is 73.3 Å². The predicted molar refractivity (Wildman–Crippen MR) is 67.0 cm³/mol. The molecule has 2 aromatic heterocycles. The second kappa shape index (κ2) is 5.65. The molecule has 0 aliphatic carbocycles. The summed E-state index contributed by atoms with van der Waals surface area (Å²) in [7, 11) is 1.68. The Morgan fingerprint density at radius 2 is 2.41 bits per heavy atom. The summed E-state index contributed by atoms with van der Waals surface area (Å²) in [4.78, 5) is 4.31. The van der Waals surface area contributed by atoms with Gasteiger partial charge in [-0.25, -0.2) is 4.98 Å². The minimum atomic E-state index is 0.156. The van der Waals surface area contributed by atoms with Crippen LogP contribution in [-0.2, 0) is 4.74 Å². The Labute approximate surface area is 100.0 Å². The fourth-order valence-corrected chi connectivity index (χ4v) is 1.71. The molecule has 0 bridgehead atoms. The van der Waals surface area contributed by atoms with Crippen molar-refractivity contribution in [1.29, 1.82) is 0 Å². The molecule has 0 radical (unpaired) electrons. The smallest absolute Gasteiger partial charge is 0.139 e. The minimum Gasteiger partial charge on any atom is -0.464 e. The zero-order valence-electron chi connectivity index (χ0n) is 9.85. The second-order valence-electron chi connectivity index (χ2n) is 3.85. The summed E-state index contributed by atoms with van der Waals surface area (Å²) in [6.07, 6.45) is 4.23. The van der Waals surface area contributed by atoms with Crippen LogP contribution in [0.5, 0.6) is 0 Å². The largest absolute Gasteiger partial charge is 0.464 e. The molecular weight excluding hydrogens is 218 g/mol. The maximum atomic E-state index is 5.71. The van der Waals surface area contributed by atoms with E-state index in [2.05, 4.69) is 10.3 Å². The first-order valence-electron chi connectivity index (χ1n) is 5.63. The lowest BCUT2D eigenvalue weighted by molar-refractivity contribution is 0.190. The van der Waals surface area contributed by atoms with Gasteiger partial charge in [0.25, 0.3) is 0 Å². The second-order valence-corrected chi connectivity index (χ2v) is 3.85. The highest BCUT2D eigenvalue weighted by molar-refractivity contribution is 5.87. The number of methoxy groups -OCH3 is 1. The van der Waals surface area contributed by atoms with E-state index in [9.17, 15) is 0 Å². The maximum Gasteiger partial charge on any atom is 0.139 e. The molecule has 17 heavy (non-hydrogen) atoms. The quantitative estimate of drug-likeness (QED) is 0.795. The molecule has 2 rings (SSSR count). The number of pyridine rings is 1. The van der Waals surface area contributed by atoms with Gasteiger partial charge in [0, 0.05) is 32.5 Å². The van der Waals surface area contributed by atoms with Gasteiger partial charge in [0.15, 0.2) is 0 Å². The molecule has 1 unspecified atom stereocenters. The van der Waals surface area contributed by atoms with Gasteiger partial charge in [0.2, 0.25) is 0 Å². The molecule has 0 aromatic carbocycles. The summed E-state index contributed by atoms with van der Waals surface area (Å²) >= 11 is 0. The number of hydrogen-bond acceptors (Lipinski definition) is 5. The van der Waals surface area contributed by atoms with Gasteiger partial charge < -0.3 is 20.2 Å². The fraction of sp³-hybridized carbons (Fsp3) is 0.417. The third-order valence-electron chi connectivity index (χ3n) is 2.68. The average molecular weight is 235 g/mol. The number of nitrogens with one attached hydrogen (secondary N) is 1. The van der Waals surface area contributed by atoms with Gasteiger partial charge in [0.1, 0.15) is 11.4 Å². The molecule has 2 heterocycles. The molecule has 3 N–H and O–H groups in total. The zero-order valence-corrected chi connectivity index (χ0v) is 9.85. The normalized spacial score (nSPS) is 12.8. The number of hydrogen-bond donors (Lipinski definition) is 2. The molecule has 92 valence electrons. The highest BCUT2D eigenvalue weighted by Gasteiger charge is 2.10. The highest BCUT2D eigenvalue weighted by atomic mass is 16.5. The van der Waals surface area contributed by atoms with Gasteiger partial charge in [-0.15, -0.1) is 0 Å². The van der Waals surface area contributed by atoms with Gasteiger partial charge >= 0.3 is 0 Å².